The lowest BCUT2D eigenvalue weighted by Crippen LogP contribution is -2.41. The Bertz CT molecular complexity index is 1020. The van der Waals surface area contributed by atoms with E-state index in [-0.39, 0.29) is 23.9 Å². The van der Waals surface area contributed by atoms with Gasteiger partial charge in [-0.2, -0.15) is 5.10 Å². The van der Waals surface area contributed by atoms with E-state index in [9.17, 15) is 9.59 Å². The number of benzene rings is 1. The van der Waals surface area contributed by atoms with Gasteiger partial charge in [-0.15, -0.1) is 0 Å². The number of hydrogen-bond acceptors (Lipinski definition) is 5. The van der Waals surface area contributed by atoms with Crippen molar-refractivity contribution in [2.24, 2.45) is 5.73 Å². The van der Waals surface area contributed by atoms with Crippen molar-refractivity contribution in [1.29, 1.82) is 0 Å². The summed E-state index contributed by atoms with van der Waals surface area (Å²) in [6.07, 6.45) is 4.02. The van der Waals surface area contributed by atoms with Crippen LogP contribution in [0, 0.1) is 0 Å². The summed E-state index contributed by atoms with van der Waals surface area (Å²) in [5, 5.41) is 4.77. The third-order valence-electron chi connectivity index (χ3n) is 6.39. The average Bonchev–Trinajstić information content (AvgIpc) is 3.31. The van der Waals surface area contributed by atoms with E-state index in [4.69, 9.17) is 21.3 Å². The van der Waals surface area contributed by atoms with Crippen LogP contribution in [0.5, 0.6) is 0 Å². The number of nitrogen functional groups attached to an aromatic ring is 1. The van der Waals surface area contributed by atoms with Crippen molar-refractivity contribution < 1.29 is 14.3 Å². The number of primary amides is 1. The van der Waals surface area contributed by atoms with Crippen molar-refractivity contribution in [3.05, 3.63) is 46.6 Å². The van der Waals surface area contributed by atoms with Gasteiger partial charge in [0.15, 0.2) is 0 Å². The lowest BCUT2D eigenvalue weighted by atomic mass is 9.81. The van der Waals surface area contributed by atoms with Gasteiger partial charge < -0.3 is 21.1 Å². The molecule has 2 aliphatic rings. The summed E-state index contributed by atoms with van der Waals surface area (Å²) in [6.45, 7) is 6.62. The lowest BCUT2D eigenvalue weighted by molar-refractivity contribution is 0.0212. The van der Waals surface area contributed by atoms with Crippen molar-refractivity contribution in [1.82, 2.24) is 14.7 Å². The molecule has 0 saturated carbocycles. The number of fused-ring (bicyclic) bond motifs is 1. The zero-order chi connectivity index (χ0) is 23.0. The minimum atomic E-state index is -0.557. The first-order chi connectivity index (χ1) is 15.1. The third-order valence-corrected chi connectivity index (χ3v) is 6.39. The highest BCUT2D eigenvalue weighted by atomic mass is 16.6. The van der Waals surface area contributed by atoms with Gasteiger partial charge in [-0.1, -0.05) is 24.3 Å². The number of ether oxygens (including phenoxy) is 1. The largest absolute Gasteiger partial charge is 0.444 e. The Morgan fingerprint density at radius 3 is 2.59 bits per heavy atom. The fourth-order valence-electron chi connectivity index (χ4n) is 4.89. The zero-order valence-corrected chi connectivity index (χ0v) is 19.1. The maximum Gasteiger partial charge on any atom is 0.410 e. The summed E-state index contributed by atoms with van der Waals surface area (Å²) < 4.78 is 7.22. The van der Waals surface area contributed by atoms with E-state index < -0.39 is 11.5 Å². The van der Waals surface area contributed by atoms with Crippen LogP contribution in [0.4, 0.5) is 10.6 Å². The topological polar surface area (TPSA) is 116 Å². The van der Waals surface area contributed by atoms with Gasteiger partial charge in [0.1, 0.15) is 17.0 Å². The first-order valence-corrected chi connectivity index (χ1v) is 11.4. The molecule has 2 heterocycles. The fourth-order valence-corrected chi connectivity index (χ4v) is 4.89. The minimum absolute atomic E-state index is 0.0847. The Hall–Kier alpha value is -3.03. The molecule has 1 aliphatic carbocycles. The molecule has 1 fully saturated rings. The van der Waals surface area contributed by atoms with Crippen LogP contribution >= 0.6 is 0 Å². The van der Waals surface area contributed by atoms with Gasteiger partial charge in [0.05, 0.1) is 18.3 Å². The van der Waals surface area contributed by atoms with Crippen LogP contribution in [0.15, 0.2) is 24.3 Å². The number of amides is 2. The lowest BCUT2D eigenvalue weighted by Gasteiger charge is -2.28. The molecule has 4 rings (SSSR count). The molecule has 4 N–H and O–H groups in total. The Morgan fingerprint density at radius 2 is 1.91 bits per heavy atom. The highest BCUT2D eigenvalue weighted by Gasteiger charge is 2.35. The molecule has 172 valence electrons. The van der Waals surface area contributed by atoms with E-state index in [0.29, 0.717) is 24.3 Å². The second-order valence-electron chi connectivity index (χ2n) is 9.87. The Labute approximate surface area is 188 Å². The molecule has 0 bridgehead atoms. The normalized spacial score (nSPS) is 20.8. The highest BCUT2D eigenvalue weighted by molar-refractivity contribution is 5.98. The monoisotopic (exact) mass is 439 g/mol. The molecule has 0 radical (unpaired) electrons. The second-order valence-corrected chi connectivity index (χ2v) is 9.87. The summed E-state index contributed by atoms with van der Waals surface area (Å²) in [6, 6.07) is 8.28. The molecule has 1 aromatic carbocycles. The molecule has 1 saturated heterocycles. The third kappa shape index (κ3) is 4.45. The van der Waals surface area contributed by atoms with Crippen molar-refractivity contribution in [2.45, 2.75) is 77.0 Å². The zero-order valence-electron chi connectivity index (χ0n) is 19.1. The van der Waals surface area contributed by atoms with E-state index >= 15 is 0 Å². The van der Waals surface area contributed by atoms with E-state index in [1.807, 2.05) is 26.8 Å². The summed E-state index contributed by atoms with van der Waals surface area (Å²) >= 11 is 0. The number of likely N-dealkylation sites (tertiary alicyclic amines) is 1. The molecule has 2 atom stereocenters. The molecule has 8 heteroatoms. The molecular weight excluding hydrogens is 406 g/mol. The molecule has 32 heavy (non-hydrogen) atoms. The summed E-state index contributed by atoms with van der Waals surface area (Å²) in [4.78, 5) is 26.7. The first-order valence-electron chi connectivity index (χ1n) is 11.4. The van der Waals surface area contributed by atoms with E-state index in [2.05, 4.69) is 18.2 Å². The quantitative estimate of drug-likeness (QED) is 0.759. The number of aromatic nitrogens is 2. The smallest absolute Gasteiger partial charge is 0.410 e. The predicted octanol–water partition coefficient (Wildman–Crippen LogP) is 3.24. The summed E-state index contributed by atoms with van der Waals surface area (Å²) in [7, 11) is 0. The molecule has 1 aromatic heterocycles. The second kappa shape index (κ2) is 8.48. The van der Waals surface area contributed by atoms with Crippen LogP contribution in [-0.4, -0.2) is 44.9 Å². The SMILES string of the molecule is CC(C)(C)OC(=O)N1CCC[C@H]1Cn1nc([C@@H]2CCc3ccccc3C2)c(C(N)=O)c1N. The number of nitrogens with zero attached hydrogens (tertiary/aromatic N) is 3. The highest BCUT2D eigenvalue weighted by Crippen LogP contribution is 2.35. The Kier molecular flexibility index (Phi) is 5.88. The molecular formula is C24H33N5O3. The molecule has 0 spiro atoms. The van der Waals surface area contributed by atoms with Crippen molar-refractivity contribution in [3.63, 3.8) is 0 Å². The van der Waals surface area contributed by atoms with Crippen LogP contribution in [-0.2, 0) is 24.1 Å². The van der Waals surface area contributed by atoms with Gasteiger partial charge in [0.2, 0.25) is 0 Å². The van der Waals surface area contributed by atoms with Gasteiger partial charge >= 0.3 is 6.09 Å². The van der Waals surface area contributed by atoms with Gasteiger partial charge in [0, 0.05) is 12.5 Å². The van der Waals surface area contributed by atoms with Gasteiger partial charge in [0.25, 0.3) is 5.91 Å². The Morgan fingerprint density at radius 1 is 1.19 bits per heavy atom. The maximum absolute atomic E-state index is 12.7. The first kappa shape index (κ1) is 22.2. The predicted molar refractivity (Wildman–Crippen MR) is 122 cm³/mol. The van der Waals surface area contributed by atoms with Crippen LogP contribution in [0.2, 0.25) is 0 Å². The van der Waals surface area contributed by atoms with Crippen molar-refractivity contribution >= 4 is 17.8 Å². The molecule has 0 unspecified atom stereocenters. The van der Waals surface area contributed by atoms with Gasteiger partial charge in [-0.25, -0.2) is 9.48 Å². The summed E-state index contributed by atoms with van der Waals surface area (Å²) in [5.74, 6) is -0.193. The minimum Gasteiger partial charge on any atom is -0.444 e. The van der Waals surface area contributed by atoms with Crippen LogP contribution in [0.1, 0.15) is 73.1 Å². The Balaban J connectivity index is 1.58. The summed E-state index contributed by atoms with van der Waals surface area (Å²) in [5.41, 5.74) is 15.2. The number of nitrogens with two attached hydrogens (primary N) is 2. The van der Waals surface area contributed by atoms with Crippen molar-refractivity contribution in [3.8, 4) is 0 Å². The maximum atomic E-state index is 12.7. The average molecular weight is 440 g/mol. The fraction of sp³-hybridized carbons (Fsp3) is 0.542. The van der Waals surface area contributed by atoms with Crippen molar-refractivity contribution in [2.75, 3.05) is 12.3 Å². The van der Waals surface area contributed by atoms with Crippen LogP contribution in [0.25, 0.3) is 0 Å². The van der Waals surface area contributed by atoms with Gasteiger partial charge in [-0.3, -0.25) is 4.79 Å². The number of carbonyl (C=O) groups excluding carboxylic acids is 2. The number of carbonyl (C=O) groups is 2. The molecule has 2 amide bonds. The van der Waals surface area contributed by atoms with Crippen LogP contribution in [0.3, 0.4) is 0 Å². The van der Waals surface area contributed by atoms with E-state index in [0.717, 1.165) is 32.1 Å². The number of hydrogen-bond donors (Lipinski definition) is 2. The molecule has 8 nitrogen and oxygen atoms in total. The van der Waals surface area contributed by atoms with E-state index in [1.54, 1.807) is 9.58 Å². The van der Waals surface area contributed by atoms with Gasteiger partial charge in [-0.05, 0) is 64.0 Å². The van der Waals surface area contributed by atoms with E-state index in [1.165, 1.54) is 11.1 Å². The number of rotatable bonds is 4. The number of aryl methyl sites for hydroxylation is 1. The van der Waals surface area contributed by atoms with Crippen LogP contribution < -0.4 is 11.5 Å². The number of anilines is 1. The standard InChI is InChI=1S/C24H33N5O3/c1-24(2,3)32-23(31)28-12-6-9-18(28)14-29-21(25)19(22(26)30)20(27-29)17-11-10-15-7-4-5-8-16(15)13-17/h4-5,7-8,17-18H,6,9-14,25H2,1-3H3,(H2,26,30)/t17-,18+/m1/s1. The molecule has 2 aromatic rings. The molecule has 1 aliphatic heterocycles.